The first-order chi connectivity index (χ1) is 17.7. The van der Waals surface area contributed by atoms with Crippen LogP contribution in [0.15, 0.2) is 42.5 Å². The molecule has 192 valence electrons. The number of carbonyl (C=O) groups is 1. The van der Waals surface area contributed by atoms with Crippen LogP contribution in [0.3, 0.4) is 0 Å². The van der Waals surface area contributed by atoms with Crippen molar-refractivity contribution in [1.82, 2.24) is 5.32 Å². The van der Waals surface area contributed by atoms with E-state index < -0.39 is 35.4 Å². The number of aliphatic hydroxyl groups excluding tert-OH is 1. The van der Waals surface area contributed by atoms with Gasteiger partial charge in [-0.2, -0.15) is 0 Å². The predicted molar refractivity (Wildman–Crippen MR) is 132 cm³/mol. The summed E-state index contributed by atoms with van der Waals surface area (Å²) >= 11 is 6.48. The van der Waals surface area contributed by atoms with Crippen molar-refractivity contribution in [3.8, 4) is 16.9 Å². The number of rotatable bonds is 4. The third kappa shape index (κ3) is 3.57. The fraction of sp³-hybridized carbons (Fsp3) is 0.321. The number of nitrogens with two attached hydrogens (primary N) is 1. The van der Waals surface area contributed by atoms with Gasteiger partial charge >= 0.3 is 0 Å². The topological polar surface area (TPSA) is 84.6 Å². The average molecular weight is 529 g/mol. The molecule has 37 heavy (non-hydrogen) atoms. The van der Waals surface area contributed by atoms with Gasteiger partial charge in [-0.3, -0.25) is 4.79 Å². The lowest BCUT2D eigenvalue weighted by Gasteiger charge is -2.35. The van der Waals surface area contributed by atoms with Gasteiger partial charge in [0.25, 0.3) is 0 Å². The van der Waals surface area contributed by atoms with Gasteiger partial charge in [-0.05, 0) is 42.1 Å². The second-order valence-electron chi connectivity index (χ2n) is 9.92. The average Bonchev–Trinajstić information content (AvgIpc) is 3.61. The summed E-state index contributed by atoms with van der Waals surface area (Å²) in [6.45, 7) is 0.791. The molecular formula is C28H24ClF3N2O3. The maximum atomic E-state index is 16.1. The highest BCUT2D eigenvalue weighted by Gasteiger charge is 2.50. The summed E-state index contributed by atoms with van der Waals surface area (Å²) in [5.41, 5.74) is 5.20. The van der Waals surface area contributed by atoms with Crippen LogP contribution in [0, 0.1) is 11.6 Å². The van der Waals surface area contributed by atoms with Gasteiger partial charge in [-0.15, -0.1) is 0 Å². The first kappa shape index (κ1) is 24.3. The smallest absolute Gasteiger partial charge is 0.249 e. The van der Waals surface area contributed by atoms with E-state index in [9.17, 15) is 14.3 Å². The summed E-state index contributed by atoms with van der Waals surface area (Å²) in [4.78, 5) is 12.5. The van der Waals surface area contributed by atoms with Gasteiger partial charge in [0.2, 0.25) is 5.91 Å². The van der Waals surface area contributed by atoms with E-state index in [2.05, 4.69) is 5.32 Å². The summed E-state index contributed by atoms with van der Waals surface area (Å²) in [7, 11) is 0. The van der Waals surface area contributed by atoms with Gasteiger partial charge in [-0.25, -0.2) is 13.2 Å². The van der Waals surface area contributed by atoms with E-state index in [0.717, 1.165) is 24.9 Å². The number of nitrogens with one attached hydrogen (secondary N) is 1. The number of primary amides is 1. The molecule has 6 rings (SSSR count). The Morgan fingerprint density at radius 2 is 1.92 bits per heavy atom. The molecule has 0 radical (unpaired) electrons. The van der Waals surface area contributed by atoms with Crippen molar-refractivity contribution in [2.75, 3.05) is 6.54 Å². The molecule has 9 heteroatoms. The van der Waals surface area contributed by atoms with Crippen LogP contribution >= 0.6 is 11.6 Å². The maximum absolute atomic E-state index is 16.1. The van der Waals surface area contributed by atoms with E-state index in [1.165, 1.54) is 12.1 Å². The number of aliphatic hydroxyl groups is 1. The molecule has 1 fully saturated rings. The van der Waals surface area contributed by atoms with E-state index >= 15 is 8.78 Å². The van der Waals surface area contributed by atoms with E-state index in [4.69, 9.17) is 22.1 Å². The third-order valence-corrected chi connectivity index (χ3v) is 8.25. The largest absolute Gasteiger partial charge is 0.480 e. The van der Waals surface area contributed by atoms with Gasteiger partial charge in [0.05, 0.1) is 16.6 Å². The molecule has 0 saturated carbocycles. The Kier molecular flexibility index (Phi) is 5.74. The zero-order valence-electron chi connectivity index (χ0n) is 19.7. The molecule has 1 saturated heterocycles. The summed E-state index contributed by atoms with van der Waals surface area (Å²) in [5.74, 6) is -2.62. The number of carbonyl (C=O) groups excluding carboxylic acids is 1. The van der Waals surface area contributed by atoms with E-state index in [0.29, 0.717) is 5.56 Å². The van der Waals surface area contributed by atoms with Crippen LogP contribution in [0.25, 0.3) is 11.1 Å². The fourth-order valence-corrected chi connectivity index (χ4v) is 6.41. The number of ether oxygens (including phenoxy) is 1. The van der Waals surface area contributed by atoms with E-state index in [1.807, 2.05) is 30.3 Å². The van der Waals surface area contributed by atoms with Crippen molar-refractivity contribution in [3.05, 3.63) is 86.9 Å². The number of amides is 1. The summed E-state index contributed by atoms with van der Waals surface area (Å²) < 4.78 is 52.2. The Bertz CT molecular complexity index is 1430. The number of hydrogen-bond acceptors (Lipinski definition) is 4. The molecule has 3 aromatic carbocycles. The Morgan fingerprint density at radius 3 is 2.59 bits per heavy atom. The standard InChI is InChI=1S/C28H24ClF3N2O3/c29-24-18(30)11-20-17(12-28(37-20,21-7-4-8-34-21)13-5-2-1-3-6-13)22(24)23-16(27(33)36)9-15-14(25(23)32)10-19(31)26(15)35/h1-3,5-6,9,11,19,21,26,34-35H,4,7-8,10,12H2,(H2,33,36)/t19-,21+,26-,28+/m1/s1. The summed E-state index contributed by atoms with van der Waals surface area (Å²) in [6, 6.07) is 11.8. The normalized spacial score (nSPS) is 26.1. The predicted octanol–water partition coefficient (Wildman–Crippen LogP) is 4.89. The van der Waals surface area contributed by atoms with Gasteiger partial charge in [-0.1, -0.05) is 41.9 Å². The van der Waals surface area contributed by atoms with Crippen molar-refractivity contribution in [1.29, 1.82) is 0 Å². The first-order valence-corrected chi connectivity index (χ1v) is 12.6. The highest BCUT2D eigenvalue weighted by atomic mass is 35.5. The molecule has 0 aromatic heterocycles. The Labute approximate surface area is 216 Å². The lowest BCUT2D eigenvalue weighted by atomic mass is 9.80. The number of hydrogen-bond donors (Lipinski definition) is 3. The molecule has 2 heterocycles. The molecule has 0 unspecified atom stereocenters. The van der Waals surface area contributed by atoms with Crippen molar-refractivity contribution < 1.29 is 27.8 Å². The summed E-state index contributed by atoms with van der Waals surface area (Å²) in [6.07, 6.45) is -1.75. The molecule has 3 aliphatic rings. The number of halogens is 4. The minimum absolute atomic E-state index is 0.0432. The zero-order valence-corrected chi connectivity index (χ0v) is 20.4. The van der Waals surface area contributed by atoms with Crippen LogP contribution in [0.4, 0.5) is 13.2 Å². The molecule has 2 aliphatic heterocycles. The molecule has 5 nitrogen and oxygen atoms in total. The second-order valence-corrected chi connectivity index (χ2v) is 10.3. The van der Waals surface area contributed by atoms with Crippen LogP contribution in [-0.4, -0.2) is 29.8 Å². The molecule has 3 aromatic rings. The Morgan fingerprint density at radius 1 is 1.16 bits per heavy atom. The monoisotopic (exact) mass is 528 g/mol. The molecule has 4 atom stereocenters. The van der Waals surface area contributed by atoms with Gasteiger partial charge in [0.1, 0.15) is 29.7 Å². The molecule has 0 spiro atoms. The van der Waals surface area contributed by atoms with Gasteiger partial charge in [0.15, 0.2) is 5.60 Å². The Hall–Kier alpha value is -3.07. The molecule has 0 bridgehead atoms. The van der Waals surface area contributed by atoms with Crippen LogP contribution in [0.2, 0.25) is 5.02 Å². The van der Waals surface area contributed by atoms with Gasteiger partial charge in [0, 0.05) is 35.6 Å². The molecule has 1 aliphatic carbocycles. The van der Waals surface area contributed by atoms with Crippen molar-refractivity contribution in [3.63, 3.8) is 0 Å². The van der Waals surface area contributed by atoms with Crippen molar-refractivity contribution in [2.45, 2.75) is 49.6 Å². The van der Waals surface area contributed by atoms with Gasteiger partial charge < -0.3 is 20.9 Å². The lowest BCUT2D eigenvalue weighted by Crippen LogP contribution is -2.48. The van der Waals surface area contributed by atoms with Crippen LogP contribution in [0.1, 0.15) is 51.6 Å². The highest BCUT2D eigenvalue weighted by molar-refractivity contribution is 6.34. The van der Waals surface area contributed by atoms with Crippen LogP contribution < -0.4 is 15.8 Å². The minimum Gasteiger partial charge on any atom is -0.480 e. The van der Waals surface area contributed by atoms with E-state index in [1.54, 1.807) is 0 Å². The van der Waals surface area contributed by atoms with Crippen molar-refractivity contribution in [2.24, 2.45) is 5.73 Å². The molecule has 4 N–H and O–H groups in total. The first-order valence-electron chi connectivity index (χ1n) is 12.2. The van der Waals surface area contributed by atoms with Crippen LogP contribution in [0.5, 0.6) is 5.75 Å². The quantitative estimate of drug-likeness (QED) is 0.450. The SMILES string of the molecule is NC(=O)c1cc2c(c(F)c1-c1c(Cl)c(F)cc3c1C[C@](c1ccccc1)([C@@H]1CCCN1)O3)C[C@@H](F)[C@@H]2O. The molecule has 1 amide bonds. The maximum Gasteiger partial charge on any atom is 0.249 e. The highest BCUT2D eigenvalue weighted by Crippen LogP contribution is 2.53. The Balaban J connectivity index is 1.60. The number of benzene rings is 3. The fourth-order valence-electron chi connectivity index (χ4n) is 6.14. The zero-order chi connectivity index (χ0) is 26.1. The van der Waals surface area contributed by atoms with Crippen LogP contribution in [-0.2, 0) is 18.4 Å². The van der Waals surface area contributed by atoms with E-state index in [-0.39, 0.29) is 57.5 Å². The number of fused-ring (bicyclic) bond motifs is 2. The molecular weight excluding hydrogens is 505 g/mol. The third-order valence-electron chi connectivity index (χ3n) is 7.88. The van der Waals surface area contributed by atoms with Crippen molar-refractivity contribution >= 4 is 17.5 Å². The second kappa shape index (κ2) is 8.75. The minimum atomic E-state index is -1.74. The number of alkyl halides is 1. The lowest BCUT2D eigenvalue weighted by molar-refractivity contribution is 0.0539. The summed E-state index contributed by atoms with van der Waals surface area (Å²) in [5, 5.41) is 13.3.